The van der Waals surface area contributed by atoms with E-state index in [1.165, 1.54) is 0 Å². The van der Waals surface area contributed by atoms with Crippen LogP contribution in [-0.4, -0.2) is 36.5 Å². The summed E-state index contributed by atoms with van der Waals surface area (Å²) >= 11 is 1.66. The van der Waals surface area contributed by atoms with Crippen LogP contribution in [0.3, 0.4) is 0 Å². The minimum Gasteiger partial charge on any atom is -0.354 e. The highest BCUT2D eigenvalue weighted by Crippen LogP contribution is 2.23. The molecule has 0 saturated carbocycles. The predicted molar refractivity (Wildman–Crippen MR) is 106 cm³/mol. The van der Waals surface area contributed by atoms with Gasteiger partial charge in [-0.15, -0.1) is 35.3 Å². The second-order valence-corrected chi connectivity index (χ2v) is 7.43. The summed E-state index contributed by atoms with van der Waals surface area (Å²) in [5, 5.41) is 12.6. The molecule has 0 radical (unpaired) electrons. The third kappa shape index (κ3) is 6.25. The number of piperidine rings is 1. The number of hydrogen-bond acceptors (Lipinski definition) is 4. The van der Waals surface area contributed by atoms with Crippen LogP contribution in [0.1, 0.15) is 44.3 Å². The Morgan fingerprint density at radius 1 is 1.52 bits per heavy atom. The van der Waals surface area contributed by atoms with E-state index in [2.05, 4.69) is 52.1 Å². The summed E-state index contributed by atoms with van der Waals surface area (Å²) in [5.74, 6) is 0.868. The zero-order valence-electron chi connectivity index (χ0n) is 14.1. The lowest BCUT2D eigenvalue weighted by atomic mass is 9.93. The van der Waals surface area contributed by atoms with Gasteiger partial charge in [-0.1, -0.05) is 20.8 Å². The van der Waals surface area contributed by atoms with Crippen LogP contribution in [0, 0.1) is 0 Å². The maximum Gasteiger partial charge on any atom is 0.220 e. The third-order valence-electron chi connectivity index (χ3n) is 3.56. The van der Waals surface area contributed by atoms with E-state index in [0.29, 0.717) is 19.5 Å². The summed E-state index contributed by atoms with van der Waals surface area (Å²) < 4.78 is 0. The first kappa shape index (κ1) is 20.1. The molecule has 23 heavy (non-hydrogen) atoms. The molecule has 0 aromatic carbocycles. The summed E-state index contributed by atoms with van der Waals surface area (Å²) in [6.45, 7) is 7.79. The number of rotatable bonds is 3. The van der Waals surface area contributed by atoms with Gasteiger partial charge in [0.1, 0.15) is 5.01 Å². The molecule has 1 unspecified atom stereocenters. The van der Waals surface area contributed by atoms with E-state index in [-0.39, 0.29) is 41.3 Å². The van der Waals surface area contributed by atoms with Crippen molar-refractivity contribution in [2.24, 2.45) is 4.99 Å². The predicted octanol–water partition coefficient (Wildman–Crippen LogP) is 2.00. The van der Waals surface area contributed by atoms with Crippen molar-refractivity contribution in [3.05, 3.63) is 16.1 Å². The van der Waals surface area contributed by atoms with Gasteiger partial charge in [0, 0.05) is 36.9 Å². The van der Waals surface area contributed by atoms with Gasteiger partial charge in [-0.2, -0.15) is 0 Å². The number of guanidine groups is 1. The Hall–Kier alpha value is -0.900. The van der Waals surface area contributed by atoms with Crippen LogP contribution in [0.25, 0.3) is 0 Å². The van der Waals surface area contributed by atoms with Gasteiger partial charge < -0.3 is 16.0 Å². The minimum absolute atomic E-state index is 0. The van der Waals surface area contributed by atoms with Crippen molar-refractivity contribution in [2.45, 2.75) is 51.6 Å². The van der Waals surface area contributed by atoms with Crippen LogP contribution in [0.4, 0.5) is 0 Å². The van der Waals surface area contributed by atoms with Crippen LogP contribution in [-0.2, 0) is 16.8 Å². The largest absolute Gasteiger partial charge is 0.354 e. The Morgan fingerprint density at radius 2 is 2.26 bits per heavy atom. The summed E-state index contributed by atoms with van der Waals surface area (Å²) in [4.78, 5) is 20.1. The van der Waals surface area contributed by atoms with Crippen molar-refractivity contribution in [3.63, 3.8) is 0 Å². The molecule has 6 nitrogen and oxygen atoms in total. The van der Waals surface area contributed by atoms with Crippen LogP contribution < -0.4 is 16.0 Å². The summed E-state index contributed by atoms with van der Waals surface area (Å²) in [6, 6.07) is 0.227. The molecule has 3 N–H and O–H groups in total. The zero-order valence-corrected chi connectivity index (χ0v) is 17.2. The first-order chi connectivity index (χ1) is 10.4. The topological polar surface area (TPSA) is 78.4 Å². The number of thiazole rings is 1. The van der Waals surface area contributed by atoms with E-state index in [0.717, 1.165) is 23.1 Å². The van der Waals surface area contributed by atoms with Crippen LogP contribution in [0.2, 0.25) is 0 Å². The number of aromatic nitrogens is 1. The van der Waals surface area contributed by atoms with Gasteiger partial charge in [-0.3, -0.25) is 9.79 Å². The smallest absolute Gasteiger partial charge is 0.220 e. The van der Waals surface area contributed by atoms with Crippen molar-refractivity contribution >= 4 is 47.2 Å². The summed E-state index contributed by atoms with van der Waals surface area (Å²) in [5.41, 5.74) is 1.20. The highest BCUT2D eigenvalue weighted by Gasteiger charge is 2.19. The Kier molecular flexibility index (Phi) is 7.72. The lowest BCUT2D eigenvalue weighted by Crippen LogP contribution is -2.51. The number of halogens is 1. The van der Waals surface area contributed by atoms with E-state index >= 15 is 0 Å². The maximum atomic E-state index is 11.2. The van der Waals surface area contributed by atoms with Crippen LogP contribution >= 0.6 is 35.3 Å². The SMILES string of the molecule is CN=C(NCc1nc(C(C)(C)C)cs1)NC1CCC(=O)NC1.I. The van der Waals surface area contributed by atoms with Crippen molar-refractivity contribution in [1.82, 2.24) is 20.9 Å². The van der Waals surface area contributed by atoms with Crippen molar-refractivity contribution in [1.29, 1.82) is 0 Å². The first-order valence-electron chi connectivity index (χ1n) is 7.57. The van der Waals surface area contributed by atoms with Crippen molar-refractivity contribution < 1.29 is 4.79 Å². The molecule has 130 valence electrons. The molecule has 1 atom stereocenters. The zero-order chi connectivity index (χ0) is 16.2. The lowest BCUT2D eigenvalue weighted by molar-refractivity contribution is -0.122. The van der Waals surface area contributed by atoms with Gasteiger partial charge >= 0.3 is 0 Å². The maximum absolute atomic E-state index is 11.2. The first-order valence-corrected chi connectivity index (χ1v) is 8.45. The lowest BCUT2D eigenvalue weighted by Gasteiger charge is -2.25. The number of carbonyl (C=O) groups excluding carboxylic acids is 1. The van der Waals surface area contributed by atoms with Gasteiger partial charge in [-0.05, 0) is 6.42 Å². The molecule has 1 saturated heterocycles. The number of amides is 1. The van der Waals surface area contributed by atoms with Gasteiger partial charge in [0.15, 0.2) is 5.96 Å². The van der Waals surface area contributed by atoms with Gasteiger partial charge in [-0.25, -0.2) is 4.98 Å². The molecule has 0 bridgehead atoms. The average Bonchev–Trinajstić information content (AvgIpc) is 2.94. The number of hydrogen-bond donors (Lipinski definition) is 3. The highest BCUT2D eigenvalue weighted by molar-refractivity contribution is 14.0. The Morgan fingerprint density at radius 3 is 2.78 bits per heavy atom. The molecule has 0 spiro atoms. The number of nitrogens with zero attached hydrogens (tertiary/aromatic N) is 2. The molecule has 2 heterocycles. The standard InChI is InChI=1S/C15H25N5OS.HI/c1-15(2,3)11-9-22-13(20-11)8-18-14(16-4)19-10-5-6-12(21)17-7-10;/h9-10H,5-8H2,1-4H3,(H,17,21)(H2,16,18,19);1H. The molecule has 0 aliphatic carbocycles. The van der Waals surface area contributed by atoms with Crippen molar-refractivity contribution in [2.75, 3.05) is 13.6 Å². The third-order valence-corrected chi connectivity index (χ3v) is 4.41. The van der Waals surface area contributed by atoms with E-state index in [1.807, 2.05) is 0 Å². The Balaban J connectivity index is 0.00000264. The normalized spacial score (nSPS) is 18.9. The van der Waals surface area contributed by atoms with Crippen molar-refractivity contribution in [3.8, 4) is 0 Å². The molecule has 8 heteroatoms. The molecular formula is C15H26IN5OS. The van der Waals surface area contributed by atoms with E-state index in [4.69, 9.17) is 0 Å². The Labute approximate surface area is 159 Å². The molecule has 1 aromatic heterocycles. The molecule has 1 aromatic rings. The highest BCUT2D eigenvalue weighted by atomic mass is 127. The second-order valence-electron chi connectivity index (χ2n) is 6.49. The monoisotopic (exact) mass is 451 g/mol. The number of nitrogens with one attached hydrogen (secondary N) is 3. The fourth-order valence-electron chi connectivity index (χ4n) is 2.14. The van der Waals surface area contributed by atoms with E-state index in [9.17, 15) is 4.79 Å². The Bertz CT molecular complexity index is 542. The fourth-order valence-corrected chi connectivity index (χ4v) is 3.10. The molecule has 1 amide bonds. The molecule has 2 rings (SSSR count). The average molecular weight is 451 g/mol. The molecule has 1 aliphatic heterocycles. The van der Waals surface area contributed by atoms with E-state index < -0.39 is 0 Å². The van der Waals surface area contributed by atoms with E-state index in [1.54, 1.807) is 18.4 Å². The number of aliphatic imine (C=N–C) groups is 1. The van der Waals surface area contributed by atoms with Gasteiger partial charge in [0.05, 0.1) is 12.2 Å². The summed E-state index contributed by atoms with van der Waals surface area (Å²) in [6.07, 6.45) is 1.40. The molecule has 1 aliphatic rings. The fraction of sp³-hybridized carbons (Fsp3) is 0.667. The molecular weight excluding hydrogens is 425 g/mol. The second kappa shape index (κ2) is 8.81. The quantitative estimate of drug-likeness (QED) is 0.373. The van der Waals surface area contributed by atoms with Gasteiger partial charge in [0.25, 0.3) is 0 Å². The van der Waals surface area contributed by atoms with Crippen LogP contribution in [0.15, 0.2) is 10.4 Å². The van der Waals surface area contributed by atoms with Gasteiger partial charge in [0.2, 0.25) is 5.91 Å². The number of carbonyl (C=O) groups is 1. The van der Waals surface area contributed by atoms with Crippen LogP contribution in [0.5, 0.6) is 0 Å². The molecule has 1 fully saturated rings. The summed E-state index contributed by atoms with van der Waals surface area (Å²) in [7, 11) is 1.75. The minimum atomic E-state index is 0.